The van der Waals surface area contributed by atoms with Crippen molar-refractivity contribution in [3.63, 3.8) is 0 Å². The Hall–Kier alpha value is -0.790. The average Bonchev–Trinajstić information content (AvgIpc) is 2.72. The molecule has 1 rings (SSSR count). The van der Waals surface area contributed by atoms with Crippen LogP contribution in [0.1, 0.15) is 32.6 Å². The first-order chi connectivity index (χ1) is 5.33. The molecule has 0 saturated heterocycles. The number of allylic oxidation sites excluding steroid dienone is 1. The smallest absolute Gasteiger partial charge is 0.243 e. The minimum absolute atomic E-state index is 0.0703. The molecule has 1 N–H and O–H groups in total. The van der Waals surface area contributed by atoms with Crippen LogP contribution >= 0.6 is 0 Å². The van der Waals surface area contributed by atoms with Gasteiger partial charge in [-0.1, -0.05) is 19.4 Å². The highest BCUT2D eigenvalue weighted by Gasteiger charge is 2.21. The molecule has 0 aliphatic heterocycles. The fourth-order valence-corrected chi connectivity index (χ4v) is 0.834. The monoisotopic (exact) mass is 153 g/mol. The van der Waals surface area contributed by atoms with Gasteiger partial charge in [-0.2, -0.15) is 0 Å². The van der Waals surface area contributed by atoms with Crippen LogP contribution in [-0.2, 0) is 4.79 Å². The van der Waals surface area contributed by atoms with Gasteiger partial charge in [0.05, 0.1) is 0 Å². The van der Waals surface area contributed by atoms with Crippen LogP contribution in [0.4, 0.5) is 0 Å². The summed E-state index contributed by atoms with van der Waals surface area (Å²) in [5.41, 5.74) is 0. The van der Waals surface area contributed by atoms with Gasteiger partial charge in [0.1, 0.15) is 0 Å². The molecule has 0 aromatic carbocycles. The van der Waals surface area contributed by atoms with E-state index < -0.39 is 0 Å². The second kappa shape index (κ2) is 4.16. The van der Waals surface area contributed by atoms with E-state index in [1.807, 2.05) is 6.08 Å². The molecular weight excluding hydrogens is 138 g/mol. The Morgan fingerprint density at radius 2 is 2.36 bits per heavy atom. The van der Waals surface area contributed by atoms with Gasteiger partial charge in [0, 0.05) is 6.04 Å². The van der Waals surface area contributed by atoms with Crippen LogP contribution in [0, 0.1) is 0 Å². The highest BCUT2D eigenvalue weighted by molar-refractivity contribution is 5.87. The Bertz CT molecular complexity index is 159. The summed E-state index contributed by atoms with van der Waals surface area (Å²) in [6, 6.07) is 0.480. The molecule has 1 aliphatic rings. The lowest BCUT2D eigenvalue weighted by Crippen LogP contribution is -2.22. The number of carbonyl (C=O) groups is 1. The van der Waals surface area contributed by atoms with Crippen LogP contribution in [0.15, 0.2) is 12.2 Å². The van der Waals surface area contributed by atoms with Gasteiger partial charge in [0.15, 0.2) is 0 Å². The first-order valence-electron chi connectivity index (χ1n) is 4.30. The molecule has 0 aromatic heterocycles. The summed E-state index contributed by atoms with van der Waals surface area (Å²) in [5, 5.41) is 2.89. The molecule has 2 heteroatoms. The van der Waals surface area contributed by atoms with E-state index in [-0.39, 0.29) is 5.91 Å². The topological polar surface area (TPSA) is 29.1 Å². The number of hydrogen-bond donors (Lipinski definition) is 1. The van der Waals surface area contributed by atoms with Crippen LogP contribution in [-0.4, -0.2) is 11.9 Å². The van der Waals surface area contributed by atoms with Crippen LogP contribution in [0.25, 0.3) is 0 Å². The summed E-state index contributed by atoms with van der Waals surface area (Å²) in [7, 11) is 0. The predicted octanol–water partition coefficient (Wildman–Crippen LogP) is 1.62. The van der Waals surface area contributed by atoms with Crippen molar-refractivity contribution in [2.45, 2.75) is 38.6 Å². The largest absolute Gasteiger partial charge is 0.350 e. The van der Waals surface area contributed by atoms with Gasteiger partial charge in [-0.05, 0) is 25.3 Å². The molecular formula is C9H15NO. The number of amides is 1. The molecule has 0 atom stereocenters. The van der Waals surface area contributed by atoms with Gasteiger partial charge in [-0.3, -0.25) is 4.79 Å². The molecule has 1 aliphatic carbocycles. The number of nitrogens with one attached hydrogen (secondary N) is 1. The quantitative estimate of drug-likeness (QED) is 0.611. The summed E-state index contributed by atoms with van der Waals surface area (Å²) in [4.78, 5) is 11.0. The molecule has 0 bridgehead atoms. The molecule has 0 aromatic rings. The van der Waals surface area contributed by atoms with Crippen LogP contribution in [0.3, 0.4) is 0 Å². The van der Waals surface area contributed by atoms with Gasteiger partial charge in [-0.15, -0.1) is 0 Å². The maximum absolute atomic E-state index is 11.0. The second-order valence-electron chi connectivity index (χ2n) is 2.97. The van der Waals surface area contributed by atoms with Crippen molar-refractivity contribution in [1.29, 1.82) is 0 Å². The molecule has 1 fully saturated rings. The predicted molar refractivity (Wildman–Crippen MR) is 45.2 cm³/mol. The van der Waals surface area contributed by atoms with E-state index in [9.17, 15) is 4.79 Å². The van der Waals surface area contributed by atoms with E-state index in [2.05, 4.69) is 12.2 Å². The average molecular weight is 153 g/mol. The third-order valence-corrected chi connectivity index (χ3v) is 1.65. The van der Waals surface area contributed by atoms with Crippen molar-refractivity contribution in [2.24, 2.45) is 0 Å². The summed E-state index contributed by atoms with van der Waals surface area (Å²) in [6.07, 6.45) is 7.99. The van der Waals surface area contributed by atoms with Crippen molar-refractivity contribution >= 4 is 5.91 Å². The van der Waals surface area contributed by atoms with E-state index in [1.165, 1.54) is 0 Å². The van der Waals surface area contributed by atoms with Gasteiger partial charge >= 0.3 is 0 Å². The Morgan fingerprint density at radius 1 is 1.64 bits per heavy atom. The summed E-state index contributed by atoms with van der Waals surface area (Å²) in [6.45, 7) is 2.10. The molecule has 11 heavy (non-hydrogen) atoms. The van der Waals surface area contributed by atoms with E-state index in [0.29, 0.717) is 6.04 Å². The first kappa shape index (κ1) is 8.31. The molecule has 0 heterocycles. The minimum Gasteiger partial charge on any atom is -0.350 e. The van der Waals surface area contributed by atoms with E-state index >= 15 is 0 Å². The zero-order valence-electron chi connectivity index (χ0n) is 6.97. The summed E-state index contributed by atoms with van der Waals surface area (Å²) >= 11 is 0. The minimum atomic E-state index is 0.0703. The summed E-state index contributed by atoms with van der Waals surface area (Å²) < 4.78 is 0. The number of hydrogen-bond acceptors (Lipinski definition) is 1. The van der Waals surface area contributed by atoms with E-state index in [0.717, 1.165) is 25.7 Å². The van der Waals surface area contributed by atoms with Crippen molar-refractivity contribution in [3.8, 4) is 0 Å². The maximum atomic E-state index is 11.0. The third-order valence-electron chi connectivity index (χ3n) is 1.65. The van der Waals surface area contributed by atoms with Crippen molar-refractivity contribution in [2.75, 3.05) is 0 Å². The normalized spacial score (nSPS) is 17.2. The van der Waals surface area contributed by atoms with Crippen LogP contribution < -0.4 is 5.32 Å². The van der Waals surface area contributed by atoms with Crippen LogP contribution in [0.5, 0.6) is 0 Å². The lowest BCUT2D eigenvalue weighted by atomic mass is 10.3. The van der Waals surface area contributed by atoms with Gasteiger partial charge < -0.3 is 5.32 Å². The van der Waals surface area contributed by atoms with Crippen molar-refractivity contribution in [3.05, 3.63) is 12.2 Å². The third kappa shape index (κ3) is 3.81. The molecule has 2 nitrogen and oxygen atoms in total. The van der Waals surface area contributed by atoms with E-state index in [4.69, 9.17) is 0 Å². The Labute approximate surface area is 67.7 Å². The van der Waals surface area contributed by atoms with Gasteiger partial charge in [-0.25, -0.2) is 0 Å². The number of unbranched alkanes of at least 4 members (excludes halogenated alkanes) is 1. The van der Waals surface area contributed by atoms with Gasteiger partial charge in [0.25, 0.3) is 0 Å². The number of rotatable bonds is 4. The molecule has 1 saturated carbocycles. The fraction of sp³-hybridized carbons (Fsp3) is 0.667. The first-order valence-corrected chi connectivity index (χ1v) is 4.30. The van der Waals surface area contributed by atoms with Crippen LogP contribution in [0.2, 0.25) is 0 Å². The number of carbonyl (C=O) groups excluding carboxylic acids is 1. The second-order valence-corrected chi connectivity index (χ2v) is 2.97. The van der Waals surface area contributed by atoms with E-state index in [1.54, 1.807) is 6.08 Å². The lowest BCUT2D eigenvalue weighted by Gasteiger charge is -1.95. The standard InChI is InChI=1S/C9H15NO/c1-2-3-4-5-9(11)10-8-6-7-8/h4-5,8H,2-3,6-7H2,1H3,(H,10,11)/b5-4-. The highest BCUT2D eigenvalue weighted by Crippen LogP contribution is 2.18. The highest BCUT2D eigenvalue weighted by atomic mass is 16.1. The van der Waals surface area contributed by atoms with Crippen molar-refractivity contribution in [1.82, 2.24) is 5.32 Å². The molecule has 0 unspecified atom stereocenters. The zero-order valence-corrected chi connectivity index (χ0v) is 6.97. The lowest BCUT2D eigenvalue weighted by molar-refractivity contribution is -0.116. The molecule has 1 amide bonds. The molecule has 0 spiro atoms. The van der Waals surface area contributed by atoms with Gasteiger partial charge in [0.2, 0.25) is 5.91 Å². The summed E-state index contributed by atoms with van der Waals surface area (Å²) in [5.74, 6) is 0.0703. The maximum Gasteiger partial charge on any atom is 0.243 e. The Kier molecular flexibility index (Phi) is 3.14. The molecule has 62 valence electrons. The van der Waals surface area contributed by atoms with Crippen molar-refractivity contribution < 1.29 is 4.79 Å². The SMILES string of the molecule is CCC/C=C\C(=O)NC1CC1. The zero-order chi connectivity index (χ0) is 8.10. The Morgan fingerprint density at radius 3 is 2.91 bits per heavy atom. The Balaban J connectivity index is 2.08. The fourth-order valence-electron chi connectivity index (χ4n) is 0.834. The molecule has 0 radical (unpaired) electrons.